The smallest absolute Gasteiger partial charge is 0.251 e. The molecule has 6 heteroatoms. The van der Waals surface area contributed by atoms with E-state index in [1.54, 1.807) is 31.4 Å². The van der Waals surface area contributed by atoms with Crippen molar-refractivity contribution in [3.8, 4) is 5.75 Å². The van der Waals surface area contributed by atoms with Gasteiger partial charge in [-0.25, -0.2) is 0 Å². The number of ether oxygens (including phenoxy) is 1. The van der Waals surface area contributed by atoms with E-state index in [1.165, 1.54) is 0 Å². The van der Waals surface area contributed by atoms with Gasteiger partial charge in [0, 0.05) is 30.8 Å². The summed E-state index contributed by atoms with van der Waals surface area (Å²) < 4.78 is 5.11. The Balaban J connectivity index is 1.93. The van der Waals surface area contributed by atoms with Crippen LogP contribution in [0.25, 0.3) is 0 Å². The van der Waals surface area contributed by atoms with Crippen molar-refractivity contribution in [2.45, 2.75) is 6.54 Å². The third-order valence-corrected chi connectivity index (χ3v) is 3.84. The van der Waals surface area contributed by atoms with Gasteiger partial charge in [-0.05, 0) is 50.0 Å². The standard InChI is InChI=1S/C20H25N3O3/c1-23(2)12-11-21-19(24)16-5-4-6-17(13-16)20(25)22-14-15-7-9-18(26-3)10-8-15/h4-10,13H,11-12,14H2,1-3H3,(H,21,24)(H,22,25). The lowest BCUT2D eigenvalue weighted by Crippen LogP contribution is -2.31. The van der Waals surface area contributed by atoms with E-state index in [2.05, 4.69) is 10.6 Å². The average molecular weight is 355 g/mol. The largest absolute Gasteiger partial charge is 0.497 e. The number of carbonyl (C=O) groups is 2. The molecule has 0 aliphatic heterocycles. The highest BCUT2D eigenvalue weighted by Crippen LogP contribution is 2.11. The van der Waals surface area contributed by atoms with Gasteiger partial charge in [-0.15, -0.1) is 0 Å². The Bertz CT molecular complexity index is 742. The van der Waals surface area contributed by atoms with Crippen LogP contribution in [-0.4, -0.2) is 51.0 Å². The lowest BCUT2D eigenvalue weighted by molar-refractivity contribution is 0.0950. The Hall–Kier alpha value is -2.86. The molecular formula is C20H25N3O3. The first-order valence-electron chi connectivity index (χ1n) is 8.43. The number of hydrogen-bond acceptors (Lipinski definition) is 4. The molecule has 0 spiro atoms. The summed E-state index contributed by atoms with van der Waals surface area (Å²) in [6.07, 6.45) is 0. The van der Waals surface area contributed by atoms with E-state index in [1.807, 2.05) is 43.3 Å². The predicted octanol–water partition coefficient (Wildman–Crippen LogP) is 1.92. The molecule has 0 atom stereocenters. The van der Waals surface area contributed by atoms with Crippen LogP contribution in [0.3, 0.4) is 0 Å². The van der Waals surface area contributed by atoms with Gasteiger partial charge in [0.2, 0.25) is 0 Å². The molecule has 6 nitrogen and oxygen atoms in total. The number of methoxy groups -OCH3 is 1. The third-order valence-electron chi connectivity index (χ3n) is 3.84. The minimum atomic E-state index is -0.219. The van der Waals surface area contributed by atoms with E-state index in [0.29, 0.717) is 24.2 Å². The molecule has 0 bridgehead atoms. The van der Waals surface area contributed by atoms with E-state index < -0.39 is 0 Å². The van der Waals surface area contributed by atoms with Gasteiger partial charge in [-0.3, -0.25) is 9.59 Å². The molecule has 2 aromatic carbocycles. The highest BCUT2D eigenvalue weighted by atomic mass is 16.5. The number of benzene rings is 2. The molecule has 0 aromatic heterocycles. The van der Waals surface area contributed by atoms with Gasteiger partial charge in [-0.2, -0.15) is 0 Å². The maximum Gasteiger partial charge on any atom is 0.251 e. The minimum absolute atomic E-state index is 0.184. The quantitative estimate of drug-likeness (QED) is 0.759. The van der Waals surface area contributed by atoms with Crippen LogP contribution in [0.15, 0.2) is 48.5 Å². The predicted molar refractivity (Wildman–Crippen MR) is 101 cm³/mol. The number of rotatable bonds is 8. The molecule has 0 heterocycles. The number of hydrogen-bond donors (Lipinski definition) is 2. The van der Waals surface area contributed by atoms with Crippen molar-refractivity contribution in [1.82, 2.24) is 15.5 Å². The Morgan fingerprint density at radius 2 is 1.58 bits per heavy atom. The van der Waals surface area contributed by atoms with Crippen molar-refractivity contribution in [2.75, 3.05) is 34.3 Å². The van der Waals surface area contributed by atoms with Gasteiger partial charge in [0.1, 0.15) is 5.75 Å². The highest BCUT2D eigenvalue weighted by Gasteiger charge is 2.10. The number of amides is 2. The summed E-state index contributed by atoms with van der Waals surface area (Å²) in [7, 11) is 5.50. The molecule has 2 rings (SSSR count). The van der Waals surface area contributed by atoms with Crippen molar-refractivity contribution >= 4 is 11.8 Å². The molecule has 0 aliphatic carbocycles. The van der Waals surface area contributed by atoms with E-state index in [-0.39, 0.29) is 11.8 Å². The van der Waals surface area contributed by atoms with E-state index in [0.717, 1.165) is 17.9 Å². The molecular weight excluding hydrogens is 330 g/mol. The zero-order valence-electron chi connectivity index (χ0n) is 15.4. The highest BCUT2D eigenvalue weighted by molar-refractivity contribution is 5.99. The number of carbonyl (C=O) groups excluding carboxylic acids is 2. The molecule has 0 unspecified atom stereocenters. The van der Waals surface area contributed by atoms with E-state index >= 15 is 0 Å². The third kappa shape index (κ3) is 5.89. The van der Waals surface area contributed by atoms with Crippen LogP contribution < -0.4 is 15.4 Å². The molecule has 0 saturated carbocycles. The summed E-state index contributed by atoms with van der Waals surface area (Å²) in [5, 5.41) is 5.70. The topological polar surface area (TPSA) is 70.7 Å². The lowest BCUT2D eigenvalue weighted by atomic mass is 10.1. The fourth-order valence-corrected chi connectivity index (χ4v) is 2.32. The first kappa shape index (κ1) is 19.5. The van der Waals surface area contributed by atoms with Crippen molar-refractivity contribution in [3.05, 3.63) is 65.2 Å². The molecule has 0 radical (unpaired) electrons. The summed E-state index contributed by atoms with van der Waals surface area (Å²) in [5.41, 5.74) is 1.90. The Morgan fingerprint density at radius 3 is 2.15 bits per heavy atom. The fraction of sp³-hybridized carbons (Fsp3) is 0.300. The van der Waals surface area contributed by atoms with Gasteiger partial charge >= 0.3 is 0 Å². The number of likely N-dealkylation sites (N-methyl/N-ethyl adjacent to an activating group) is 1. The van der Waals surface area contributed by atoms with Crippen LogP contribution in [0.1, 0.15) is 26.3 Å². The van der Waals surface area contributed by atoms with E-state index in [9.17, 15) is 9.59 Å². The second-order valence-corrected chi connectivity index (χ2v) is 6.17. The second-order valence-electron chi connectivity index (χ2n) is 6.17. The van der Waals surface area contributed by atoms with Crippen molar-refractivity contribution in [1.29, 1.82) is 0 Å². The molecule has 0 aliphatic rings. The zero-order chi connectivity index (χ0) is 18.9. The first-order chi connectivity index (χ1) is 12.5. The summed E-state index contributed by atoms with van der Waals surface area (Å²) in [6, 6.07) is 14.2. The van der Waals surface area contributed by atoms with E-state index in [4.69, 9.17) is 4.74 Å². The van der Waals surface area contributed by atoms with Crippen LogP contribution in [0.4, 0.5) is 0 Å². The van der Waals surface area contributed by atoms with Crippen molar-refractivity contribution in [3.63, 3.8) is 0 Å². The van der Waals surface area contributed by atoms with Gasteiger partial charge in [0.05, 0.1) is 7.11 Å². The summed E-state index contributed by atoms with van der Waals surface area (Å²) in [5.74, 6) is 0.369. The van der Waals surface area contributed by atoms with Crippen LogP contribution in [0.2, 0.25) is 0 Å². The summed E-state index contributed by atoms with van der Waals surface area (Å²) in [4.78, 5) is 26.5. The Labute approximate surface area is 154 Å². The Kier molecular flexibility index (Phi) is 7.17. The Morgan fingerprint density at radius 1 is 0.962 bits per heavy atom. The monoisotopic (exact) mass is 355 g/mol. The summed E-state index contributed by atoms with van der Waals surface area (Å²) >= 11 is 0. The van der Waals surface area contributed by atoms with Gasteiger partial charge < -0.3 is 20.3 Å². The van der Waals surface area contributed by atoms with Crippen LogP contribution in [-0.2, 0) is 6.54 Å². The summed E-state index contributed by atoms with van der Waals surface area (Å²) in [6.45, 7) is 1.72. The normalized spacial score (nSPS) is 10.5. The minimum Gasteiger partial charge on any atom is -0.497 e. The molecule has 2 N–H and O–H groups in total. The maximum absolute atomic E-state index is 12.3. The molecule has 26 heavy (non-hydrogen) atoms. The maximum atomic E-state index is 12.3. The van der Waals surface area contributed by atoms with Gasteiger partial charge in [0.25, 0.3) is 11.8 Å². The number of nitrogens with one attached hydrogen (secondary N) is 2. The molecule has 138 valence electrons. The lowest BCUT2D eigenvalue weighted by Gasteiger charge is -2.11. The van der Waals surface area contributed by atoms with Crippen molar-refractivity contribution < 1.29 is 14.3 Å². The van der Waals surface area contributed by atoms with Crippen molar-refractivity contribution in [2.24, 2.45) is 0 Å². The zero-order valence-corrected chi connectivity index (χ0v) is 15.4. The first-order valence-corrected chi connectivity index (χ1v) is 8.43. The van der Waals surface area contributed by atoms with Gasteiger partial charge in [0.15, 0.2) is 0 Å². The van der Waals surface area contributed by atoms with Gasteiger partial charge in [-0.1, -0.05) is 18.2 Å². The molecule has 2 amide bonds. The average Bonchev–Trinajstić information content (AvgIpc) is 2.66. The SMILES string of the molecule is COc1ccc(CNC(=O)c2cccc(C(=O)NCCN(C)C)c2)cc1. The second kappa shape index (κ2) is 9.58. The molecule has 2 aromatic rings. The van der Waals surface area contributed by atoms with Crippen LogP contribution >= 0.6 is 0 Å². The van der Waals surface area contributed by atoms with Crippen LogP contribution in [0.5, 0.6) is 5.75 Å². The molecule has 0 saturated heterocycles. The number of nitrogens with zero attached hydrogens (tertiary/aromatic N) is 1. The molecule has 0 fully saturated rings. The fourth-order valence-electron chi connectivity index (χ4n) is 2.32. The van der Waals surface area contributed by atoms with Crippen LogP contribution in [0, 0.1) is 0 Å².